The normalized spacial score (nSPS) is 11.0. The van der Waals surface area contributed by atoms with E-state index >= 15 is 0 Å². The molecule has 1 aromatic carbocycles. The van der Waals surface area contributed by atoms with Crippen LogP contribution in [0.3, 0.4) is 0 Å². The standard InChI is InChI=1S/C21H24N4OS2/c1-5-9-25-20(16-11-18(14(2)3)27-12-16)23-24-21(25)28-13-19(26)22-17-8-6-7-15(4)10-17/h5-8,10-12,14H,1,9,13H2,2-4H3,(H,22,26). The van der Waals surface area contributed by atoms with E-state index < -0.39 is 0 Å². The lowest BCUT2D eigenvalue weighted by atomic mass is 10.1. The number of allylic oxidation sites excluding steroid dienone is 1. The van der Waals surface area contributed by atoms with Crippen molar-refractivity contribution in [1.29, 1.82) is 0 Å². The largest absolute Gasteiger partial charge is 0.325 e. The van der Waals surface area contributed by atoms with E-state index in [0.29, 0.717) is 17.6 Å². The molecule has 2 aromatic heterocycles. The monoisotopic (exact) mass is 412 g/mol. The number of hydrogen-bond acceptors (Lipinski definition) is 5. The summed E-state index contributed by atoms with van der Waals surface area (Å²) in [5.41, 5.74) is 2.97. The Morgan fingerprint density at radius 2 is 2.18 bits per heavy atom. The number of aromatic nitrogens is 3. The summed E-state index contributed by atoms with van der Waals surface area (Å²) in [4.78, 5) is 13.6. The van der Waals surface area contributed by atoms with Gasteiger partial charge in [-0.15, -0.1) is 28.1 Å². The number of nitrogens with zero attached hydrogens (tertiary/aromatic N) is 3. The summed E-state index contributed by atoms with van der Waals surface area (Å²) in [5, 5.41) is 14.4. The Morgan fingerprint density at radius 3 is 2.86 bits per heavy atom. The van der Waals surface area contributed by atoms with Crippen LogP contribution in [0.1, 0.15) is 30.2 Å². The minimum atomic E-state index is -0.0667. The molecule has 0 saturated heterocycles. The van der Waals surface area contributed by atoms with Crippen LogP contribution in [-0.4, -0.2) is 26.4 Å². The maximum Gasteiger partial charge on any atom is 0.234 e. The number of anilines is 1. The fourth-order valence-electron chi connectivity index (χ4n) is 2.73. The zero-order valence-electron chi connectivity index (χ0n) is 16.3. The van der Waals surface area contributed by atoms with Crippen molar-refractivity contribution in [2.24, 2.45) is 0 Å². The van der Waals surface area contributed by atoms with Crippen LogP contribution in [0, 0.1) is 6.92 Å². The van der Waals surface area contributed by atoms with Gasteiger partial charge in [0.2, 0.25) is 5.91 Å². The van der Waals surface area contributed by atoms with Crippen LogP contribution in [0.4, 0.5) is 5.69 Å². The van der Waals surface area contributed by atoms with Crippen molar-refractivity contribution in [2.75, 3.05) is 11.1 Å². The number of hydrogen-bond donors (Lipinski definition) is 1. The second-order valence-corrected chi connectivity index (χ2v) is 8.69. The first-order chi connectivity index (χ1) is 13.5. The average Bonchev–Trinajstić information content (AvgIpc) is 3.27. The number of thiophene rings is 1. The highest BCUT2D eigenvalue weighted by Gasteiger charge is 2.17. The van der Waals surface area contributed by atoms with E-state index in [1.54, 1.807) is 11.3 Å². The van der Waals surface area contributed by atoms with Crippen molar-refractivity contribution in [3.8, 4) is 11.4 Å². The van der Waals surface area contributed by atoms with E-state index in [1.165, 1.54) is 16.6 Å². The second-order valence-electron chi connectivity index (χ2n) is 6.80. The Labute approximate surface area is 173 Å². The average molecular weight is 413 g/mol. The van der Waals surface area contributed by atoms with E-state index in [0.717, 1.165) is 22.6 Å². The number of aryl methyl sites for hydroxylation is 1. The summed E-state index contributed by atoms with van der Waals surface area (Å²) in [6.07, 6.45) is 1.82. The van der Waals surface area contributed by atoms with Gasteiger partial charge >= 0.3 is 0 Å². The molecular weight excluding hydrogens is 388 g/mol. The Bertz CT molecular complexity index is 974. The molecule has 146 valence electrons. The van der Waals surface area contributed by atoms with Gasteiger partial charge in [0.1, 0.15) is 0 Å². The van der Waals surface area contributed by atoms with Gasteiger partial charge in [-0.25, -0.2) is 0 Å². The Kier molecular flexibility index (Phi) is 6.70. The van der Waals surface area contributed by atoms with E-state index in [2.05, 4.69) is 47.4 Å². The first kappa shape index (κ1) is 20.4. The zero-order valence-corrected chi connectivity index (χ0v) is 17.9. The van der Waals surface area contributed by atoms with Crippen LogP contribution < -0.4 is 5.32 Å². The van der Waals surface area contributed by atoms with Gasteiger partial charge in [-0.05, 0) is 36.6 Å². The Balaban J connectivity index is 1.72. The number of benzene rings is 1. The molecule has 0 aliphatic heterocycles. The van der Waals surface area contributed by atoms with Crippen molar-refractivity contribution in [3.05, 3.63) is 58.8 Å². The van der Waals surface area contributed by atoms with Gasteiger partial charge in [-0.2, -0.15) is 0 Å². The molecule has 0 bridgehead atoms. The minimum absolute atomic E-state index is 0.0667. The summed E-state index contributed by atoms with van der Waals surface area (Å²) >= 11 is 3.11. The number of thioether (sulfide) groups is 1. The number of carbonyl (C=O) groups excluding carboxylic acids is 1. The summed E-state index contributed by atoms with van der Waals surface area (Å²) in [6, 6.07) is 9.93. The smallest absolute Gasteiger partial charge is 0.234 e. The van der Waals surface area contributed by atoms with Crippen molar-refractivity contribution in [1.82, 2.24) is 14.8 Å². The maximum absolute atomic E-state index is 12.3. The molecule has 3 aromatic rings. The third-order valence-electron chi connectivity index (χ3n) is 4.11. The molecule has 5 nitrogen and oxygen atoms in total. The topological polar surface area (TPSA) is 59.8 Å². The molecule has 0 spiro atoms. The molecule has 1 amide bonds. The Hall–Kier alpha value is -2.38. The minimum Gasteiger partial charge on any atom is -0.325 e. The van der Waals surface area contributed by atoms with Gasteiger partial charge < -0.3 is 5.32 Å². The van der Waals surface area contributed by atoms with Gasteiger partial charge in [0.25, 0.3) is 0 Å². The number of carbonyl (C=O) groups is 1. The third-order valence-corrected chi connectivity index (χ3v) is 6.31. The molecule has 0 saturated carbocycles. The summed E-state index contributed by atoms with van der Waals surface area (Å²) < 4.78 is 2.00. The molecule has 0 radical (unpaired) electrons. The van der Waals surface area contributed by atoms with Crippen molar-refractivity contribution >= 4 is 34.7 Å². The molecule has 2 heterocycles. The lowest BCUT2D eigenvalue weighted by Gasteiger charge is -2.08. The quantitative estimate of drug-likeness (QED) is 0.400. The van der Waals surface area contributed by atoms with Crippen molar-refractivity contribution < 1.29 is 4.79 Å². The lowest BCUT2D eigenvalue weighted by molar-refractivity contribution is -0.113. The maximum atomic E-state index is 12.3. The fraction of sp³-hybridized carbons (Fsp3) is 0.286. The molecule has 3 rings (SSSR count). The van der Waals surface area contributed by atoms with Gasteiger partial charge in [-0.1, -0.05) is 43.8 Å². The van der Waals surface area contributed by atoms with Crippen LogP contribution in [-0.2, 0) is 11.3 Å². The van der Waals surface area contributed by atoms with Crippen LogP contribution in [0.2, 0.25) is 0 Å². The predicted molar refractivity (Wildman–Crippen MR) is 118 cm³/mol. The molecule has 0 fully saturated rings. The molecule has 0 unspecified atom stereocenters. The van der Waals surface area contributed by atoms with E-state index in [4.69, 9.17) is 0 Å². The van der Waals surface area contributed by atoms with Crippen molar-refractivity contribution in [3.63, 3.8) is 0 Å². The van der Waals surface area contributed by atoms with Gasteiger partial charge in [-0.3, -0.25) is 9.36 Å². The number of rotatable bonds is 8. The van der Waals surface area contributed by atoms with Crippen molar-refractivity contribution in [2.45, 2.75) is 38.4 Å². The SMILES string of the molecule is C=CCn1c(SCC(=O)Nc2cccc(C)c2)nnc1-c1csc(C(C)C)c1. The molecule has 1 N–H and O–H groups in total. The summed E-state index contributed by atoms with van der Waals surface area (Å²) in [7, 11) is 0. The number of amides is 1. The zero-order chi connectivity index (χ0) is 20.1. The predicted octanol–water partition coefficient (Wildman–Crippen LogP) is 5.36. The lowest BCUT2D eigenvalue weighted by Crippen LogP contribution is -2.14. The number of nitrogens with one attached hydrogen (secondary N) is 1. The molecule has 0 atom stereocenters. The van der Waals surface area contributed by atoms with Gasteiger partial charge in [0.15, 0.2) is 11.0 Å². The van der Waals surface area contributed by atoms with Crippen LogP contribution >= 0.6 is 23.1 Å². The highest BCUT2D eigenvalue weighted by atomic mass is 32.2. The van der Waals surface area contributed by atoms with E-state index in [1.807, 2.05) is 41.8 Å². The molecule has 7 heteroatoms. The second kappa shape index (κ2) is 9.21. The van der Waals surface area contributed by atoms with Gasteiger partial charge in [0, 0.05) is 28.1 Å². The Morgan fingerprint density at radius 1 is 1.36 bits per heavy atom. The van der Waals surface area contributed by atoms with Crippen LogP contribution in [0.15, 0.2) is 53.5 Å². The van der Waals surface area contributed by atoms with Crippen LogP contribution in [0.5, 0.6) is 0 Å². The molecule has 0 aliphatic rings. The first-order valence-electron chi connectivity index (χ1n) is 9.10. The highest BCUT2D eigenvalue weighted by Crippen LogP contribution is 2.31. The van der Waals surface area contributed by atoms with E-state index in [-0.39, 0.29) is 11.7 Å². The summed E-state index contributed by atoms with van der Waals surface area (Å²) in [6.45, 7) is 10.8. The highest BCUT2D eigenvalue weighted by molar-refractivity contribution is 7.99. The van der Waals surface area contributed by atoms with E-state index in [9.17, 15) is 4.79 Å². The molecule has 28 heavy (non-hydrogen) atoms. The molecule has 0 aliphatic carbocycles. The first-order valence-corrected chi connectivity index (χ1v) is 11.0. The fourth-order valence-corrected chi connectivity index (χ4v) is 4.38. The molecular formula is C21H24N4OS2. The van der Waals surface area contributed by atoms with Gasteiger partial charge in [0.05, 0.1) is 5.75 Å². The van der Waals surface area contributed by atoms with Crippen LogP contribution in [0.25, 0.3) is 11.4 Å². The summed E-state index contributed by atoms with van der Waals surface area (Å²) in [5.74, 6) is 1.49. The third kappa shape index (κ3) is 4.91.